The van der Waals surface area contributed by atoms with Crippen LogP contribution in [0.25, 0.3) is 0 Å². The van der Waals surface area contributed by atoms with Crippen LogP contribution in [0.5, 0.6) is 5.75 Å². The number of aromatic hydroxyl groups is 1. The predicted molar refractivity (Wildman–Crippen MR) is 125 cm³/mol. The third-order valence-electron chi connectivity index (χ3n) is 6.13. The Bertz CT molecular complexity index is 570. The minimum Gasteiger partial charge on any atom is -0.507 e. The fourth-order valence-electron chi connectivity index (χ4n) is 3.98. The van der Waals surface area contributed by atoms with Crippen molar-refractivity contribution in [2.45, 2.75) is 106 Å². The summed E-state index contributed by atoms with van der Waals surface area (Å²) in [6.45, 7) is 13.7. The molecule has 0 fully saturated rings. The Morgan fingerprint density at radius 1 is 0.893 bits per heavy atom. The molecule has 0 saturated heterocycles. The lowest BCUT2D eigenvalue weighted by Crippen LogP contribution is -2.00. The lowest BCUT2D eigenvalue weighted by molar-refractivity contribution is 0.389. The summed E-state index contributed by atoms with van der Waals surface area (Å²) in [5.41, 5.74) is 3.45. The van der Waals surface area contributed by atoms with Crippen molar-refractivity contribution in [2.24, 2.45) is 17.8 Å². The van der Waals surface area contributed by atoms with Crippen LogP contribution in [0.3, 0.4) is 0 Å². The Balaban J connectivity index is 2.16. The first-order valence-electron chi connectivity index (χ1n) is 11.7. The molecule has 0 saturated carbocycles. The standard InChI is InChI=1S/C27H46O/c1-21(2)11-7-12-22(3)13-8-14-23(4)15-9-16-24(5)19-20-26-18-10-17-25(6)27(26)28/h10,17-19,21-23,28H,7-9,11-16,20H2,1-6H3/b24-19+/t22-,23-/m1/s1. The Labute approximate surface area is 175 Å². The maximum atomic E-state index is 10.1. The molecule has 0 aliphatic carbocycles. The van der Waals surface area contributed by atoms with Gasteiger partial charge in [-0.15, -0.1) is 0 Å². The summed E-state index contributed by atoms with van der Waals surface area (Å²) in [7, 11) is 0. The molecule has 0 aliphatic heterocycles. The van der Waals surface area contributed by atoms with Gasteiger partial charge >= 0.3 is 0 Å². The average molecular weight is 387 g/mol. The van der Waals surface area contributed by atoms with Gasteiger partial charge in [-0.05, 0) is 62.0 Å². The average Bonchev–Trinajstić information content (AvgIpc) is 2.62. The molecule has 1 aromatic carbocycles. The highest BCUT2D eigenvalue weighted by Gasteiger charge is 2.07. The largest absolute Gasteiger partial charge is 0.507 e. The van der Waals surface area contributed by atoms with Crippen molar-refractivity contribution in [3.63, 3.8) is 0 Å². The van der Waals surface area contributed by atoms with Crippen LogP contribution in [0.2, 0.25) is 0 Å². The first-order chi connectivity index (χ1) is 13.3. The molecular weight excluding hydrogens is 340 g/mol. The summed E-state index contributed by atoms with van der Waals surface area (Å²) < 4.78 is 0. The molecule has 0 radical (unpaired) electrons. The fraction of sp³-hybridized carbons (Fsp3) is 0.704. The van der Waals surface area contributed by atoms with Crippen LogP contribution >= 0.6 is 0 Å². The molecule has 0 aromatic heterocycles. The van der Waals surface area contributed by atoms with Gasteiger partial charge in [0.1, 0.15) is 5.75 Å². The minimum atomic E-state index is 0.457. The van der Waals surface area contributed by atoms with Gasteiger partial charge in [-0.2, -0.15) is 0 Å². The van der Waals surface area contributed by atoms with Crippen LogP contribution in [0.15, 0.2) is 29.8 Å². The van der Waals surface area contributed by atoms with E-state index in [4.69, 9.17) is 0 Å². The molecule has 1 heteroatoms. The molecular formula is C27H46O. The van der Waals surface area contributed by atoms with Gasteiger partial charge in [-0.25, -0.2) is 0 Å². The van der Waals surface area contributed by atoms with Crippen LogP contribution in [0.4, 0.5) is 0 Å². The van der Waals surface area contributed by atoms with E-state index in [1.165, 1.54) is 63.4 Å². The zero-order valence-corrected chi connectivity index (χ0v) is 19.6. The quantitative estimate of drug-likeness (QED) is 0.317. The van der Waals surface area contributed by atoms with Crippen molar-refractivity contribution in [3.05, 3.63) is 41.0 Å². The van der Waals surface area contributed by atoms with Crippen molar-refractivity contribution >= 4 is 0 Å². The van der Waals surface area contributed by atoms with Gasteiger partial charge in [0.25, 0.3) is 0 Å². The molecule has 2 atom stereocenters. The molecule has 1 N–H and O–H groups in total. The van der Waals surface area contributed by atoms with E-state index in [0.717, 1.165) is 35.3 Å². The highest BCUT2D eigenvalue weighted by Crippen LogP contribution is 2.24. The number of rotatable bonds is 14. The van der Waals surface area contributed by atoms with E-state index in [9.17, 15) is 5.11 Å². The van der Waals surface area contributed by atoms with E-state index >= 15 is 0 Å². The Kier molecular flexibility index (Phi) is 12.3. The zero-order valence-electron chi connectivity index (χ0n) is 19.6. The number of phenolic OH excluding ortho intramolecular Hbond substituents is 1. The molecule has 1 aromatic rings. The zero-order chi connectivity index (χ0) is 20.9. The summed E-state index contributed by atoms with van der Waals surface area (Å²) in [4.78, 5) is 0. The molecule has 0 aliphatic rings. The second-order valence-corrected chi connectivity index (χ2v) is 9.70. The van der Waals surface area contributed by atoms with Gasteiger partial charge in [0, 0.05) is 0 Å². The van der Waals surface area contributed by atoms with E-state index in [1.54, 1.807) is 0 Å². The number of aryl methyl sites for hydroxylation is 1. The van der Waals surface area contributed by atoms with Gasteiger partial charge in [0.15, 0.2) is 0 Å². The number of allylic oxidation sites excluding steroid dienone is 2. The number of hydrogen-bond acceptors (Lipinski definition) is 1. The SMILES string of the molecule is C/C(=C\Cc1cccc(C)c1O)CCC[C@H](C)CCC[C@H](C)CCCC(C)C. The first kappa shape index (κ1) is 24.8. The predicted octanol–water partition coefficient (Wildman–Crippen LogP) is 8.63. The topological polar surface area (TPSA) is 20.2 Å². The number of benzene rings is 1. The number of hydrogen-bond donors (Lipinski definition) is 1. The van der Waals surface area contributed by atoms with Gasteiger partial charge in [0.05, 0.1) is 0 Å². The normalized spacial score (nSPS) is 14.5. The second-order valence-electron chi connectivity index (χ2n) is 9.70. The van der Waals surface area contributed by atoms with Crippen molar-refractivity contribution in [2.75, 3.05) is 0 Å². The van der Waals surface area contributed by atoms with Crippen LogP contribution in [-0.2, 0) is 6.42 Å². The second kappa shape index (κ2) is 13.9. The van der Waals surface area contributed by atoms with Gasteiger partial charge in [-0.3, -0.25) is 0 Å². The highest BCUT2D eigenvalue weighted by atomic mass is 16.3. The van der Waals surface area contributed by atoms with Gasteiger partial charge in [-0.1, -0.05) is 102 Å². The smallest absolute Gasteiger partial charge is 0.121 e. The number of phenols is 1. The van der Waals surface area contributed by atoms with Crippen molar-refractivity contribution in [3.8, 4) is 5.75 Å². The van der Waals surface area contributed by atoms with E-state index in [1.807, 2.05) is 25.1 Å². The van der Waals surface area contributed by atoms with Crippen molar-refractivity contribution < 1.29 is 5.11 Å². The number of para-hydroxylation sites is 1. The molecule has 1 rings (SSSR count). The third-order valence-corrected chi connectivity index (χ3v) is 6.13. The molecule has 0 spiro atoms. The molecule has 28 heavy (non-hydrogen) atoms. The molecule has 0 amide bonds. The Morgan fingerprint density at radius 2 is 1.46 bits per heavy atom. The van der Waals surface area contributed by atoms with E-state index in [-0.39, 0.29) is 0 Å². The van der Waals surface area contributed by atoms with Crippen LogP contribution in [-0.4, -0.2) is 5.11 Å². The van der Waals surface area contributed by atoms with Crippen molar-refractivity contribution in [1.82, 2.24) is 0 Å². The molecule has 0 bridgehead atoms. The van der Waals surface area contributed by atoms with Crippen LogP contribution in [0, 0.1) is 24.7 Å². The maximum absolute atomic E-state index is 10.1. The van der Waals surface area contributed by atoms with Crippen LogP contribution < -0.4 is 0 Å². The Hall–Kier alpha value is -1.24. The summed E-state index contributed by atoms with van der Waals surface area (Å²) >= 11 is 0. The van der Waals surface area contributed by atoms with Gasteiger partial charge < -0.3 is 5.11 Å². The van der Waals surface area contributed by atoms with Crippen molar-refractivity contribution in [1.29, 1.82) is 0 Å². The summed E-state index contributed by atoms with van der Waals surface area (Å²) in [5, 5.41) is 10.1. The fourth-order valence-corrected chi connectivity index (χ4v) is 3.98. The molecule has 160 valence electrons. The van der Waals surface area contributed by atoms with Gasteiger partial charge in [0.2, 0.25) is 0 Å². The first-order valence-corrected chi connectivity index (χ1v) is 11.7. The lowest BCUT2D eigenvalue weighted by atomic mass is 9.91. The molecule has 0 unspecified atom stereocenters. The van der Waals surface area contributed by atoms with E-state index in [0.29, 0.717) is 5.75 Å². The van der Waals surface area contributed by atoms with E-state index < -0.39 is 0 Å². The monoisotopic (exact) mass is 386 g/mol. The molecule has 1 nitrogen and oxygen atoms in total. The third kappa shape index (κ3) is 10.9. The molecule has 0 heterocycles. The maximum Gasteiger partial charge on any atom is 0.121 e. The minimum absolute atomic E-state index is 0.457. The van der Waals surface area contributed by atoms with E-state index in [2.05, 4.69) is 40.7 Å². The summed E-state index contributed by atoms with van der Waals surface area (Å²) in [6.07, 6.45) is 15.3. The highest BCUT2D eigenvalue weighted by molar-refractivity contribution is 5.40. The van der Waals surface area contributed by atoms with Crippen LogP contribution in [0.1, 0.15) is 104 Å². The summed E-state index contributed by atoms with van der Waals surface area (Å²) in [5.74, 6) is 3.05. The Morgan fingerprint density at radius 3 is 2.07 bits per heavy atom. The lowest BCUT2D eigenvalue weighted by Gasteiger charge is -2.15. The summed E-state index contributed by atoms with van der Waals surface area (Å²) in [6, 6.07) is 6.02.